The minimum atomic E-state index is -0.790. The monoisotopic (exact) mass is 869 g/mol. The van der Waals surface area contributed by atoms with Gasteiger partial charge in [0, 0.05) is 19.3 Å². The second-order valence-corrected chi connectivity index (χ2v) is 17.8. The van der Waals surface area contributed by atoms with Gasteiger partial charge in [0.2, 0.25) is 0 Å². The van der Waals surface area contributed by atoms with Gasteiger partial charge in [0.15, 0.2) is 6.10 Å². The molecule has 0 amide bonds. The van der Waals surface area contributed by atoms with Crippen LogP contribution in [-0.2, 0) is 28.6 Å². The van der Waals surface area contributed by atoms with Gasteiger partial charge in [0.05, 0.1) is 0 Å². The van der Waals surface area contributed by atoms with Gasteiger partial charge in [0.25, 0.3) is 0 Å². The molecule has 0 aliphatic rings. The molecule has 0 N–H and O–H groups in total. The van der Waals surface area contributed by atoms with Gasteiger partial charge >= 0.3 is 17.9 Å². The molecule has 0 rings (SSSR count). The molecule has 0 saturated heterocycles. The standard InChI is InChI=1S/C56H100O6/c1-4-7-10-13-16-19-22-25-27-28-30-31-34-37-40-43-46-49-55(58)61-52-53(51-60-54(57)48-45-42-39-36-33-24-21-18-15-12-9-6-3)62-56(59)50-47-44-41-38-35-32-29-26-23-20-17-14-11-8-5-2/h8,11,17,20,26,29,35,38,53H,4-7,9-10,12-16,18-19,21-25,27-28,30-34,36-37,39-52H2,1-3H3/b11-8-,20-17-,29-26-,38-35-/t53-/m0/s1. The maximum atomic E-state index is 12.8. The van der Waals surface area contributed by atoms with Gasteiger partial charge in [-0.15, -0.1) is 0 Å². The highest BCUT2D eigenvalue weighted by atomic mass is 16.6. The number of esters is 3. The normalized spacial score (nSPS) is 12.4. The molecule has 0 aromatic carbocycles. The number of carbonyl (C=O) groups excluding carboxylic acids is 3. The van der Waals surface area contributed by atoms with Crippen molar-refractivity contribution in [2.75, 3.05) is 13.2 Å². The van der Waals surface area contributed by atoms with Crippen LogP contribution in [0.15, 0.2) is 48.6 Å². The van der Waals surface area contributed by atoms with Gasteiger partial charge in [-0.25, -0.2) is 0 Å². The predicted molar refractivity (Wildman–Crippen MR) is 265 cm³/mol. The Morgan fingerprint density at radius 1 is 0.339 bits per heavy atom. The molecule has 0 radical (unpaired) electrons. The lowest BCUT2D eigenvalue weighted by molar-refractivity contribution is -0.167. The summed E-state index contributed by atoms with van der Waals surface area (Å²) in [6, 6.07) is 0. The number of carbonyl (C=O) groups is 3. The lowest BCUT2D eigenvalue weighted by Gasteiger charge is -2.18. The zero-order valence-corrected chi connectivity index (χ0v) is 41.1. The summed E-state index contributed by atoms with van der Waals surface area (Å²) in [5.74, 6) is -0.917. The maximum Gasteiger partial charge on any atom is 0.306 e. The Morgan fingerprint density at radius 3 is 0.984 bits per heavy atom. The van der Waals surface area contributed by atoms with Crippen molar-refractivity contribution in [2.24, 2.45) is 0 Å². The average molecular weight is 869 g/mol. The largest absolute Gasteiger partial charge is 0.462 e. The summed E-state index contributed by atoms with van der Waals surface area (Å²) in [6.07, 6.45) is 61.0. The van der Waals surface area contributed by atoms with Gasteiger partial charge in [-0.3, -0.25) is 14.4 Å². The van der Waals surface area contributed by atoms with Crippen LogP contribution >= 0.6 is 0 Å². The van der Waals surface area contributed by atoms with E-state index in [9.17, 15) is 14.4 Å². The highest BCUT2D eigenvalue weighted by Gasteiger charge is 2.19. The fraction of sp³-hybridized carbons (Fsp3) is 0.804. The van der Waals surface area contributed by atoms with Crippen molar-refractivity contribution < 1.29 is 28.6 Å². The van der Waals surface area contributed by atoms with Crippen molar-refractivity contribution in [3.8, 4) is 0 Å². The summed E-state index contributed by atoms with van der Waals surface area (Å²) in [7, 11) is 0. The van der Waals surface area contributed by atoms with Crippen molar-refractivity contribution in [2.45, 2.75) is 277 Å². The van der Waals surface area contributed by atoms with Crippen LogP contribution in [-0.4, -0.2) is 37.2 Å². The van der Waals surface area contributed by atoms with Crippen LogP contribution in [0.1, 0.15) is 271 Å². The van der Waals surface area contributed by atoms with E-state index < -0.39 is 6.10 Å². The first-order valence-electron chi connectivity index (χ1n) is 26.6. The van der Waals surface area contributed by atoms with Gasteiger partial charge < -0.3 is 14.2 Å². The van der Waals surface area contributed by atoms with E-state index in [1.165, 1.54) is 148 Å². The Morgan fingerprint density at radius 2 is 0.629 bits per heavy atom. The van der Waals surface area contributed by atoms with Crippen LogP contribution in [0, 0.1) is 0 Å². The Balaban J connectivity index is 4.39. The molecule has 0 fully saturated rings. The molecular formula is C56H100O6. The molecule has 0 aliphatic carbocycles. The number of unbranched alkanes of at least 4 members (excludes halogenated alkanes) is 29. The quantitative estimate of drug-likeness (QED) is 0.0262. The Hall–Kier alpha value is -2.63. The van der Waals surface area contributed by atoms with E-state index in [2.05, 4.69) is 69.4 Å². The maximum absolute atomic E-state index is 12.8. The third-order valence-corrected chi connectivity index (χ3v) is 11.6. The van der Waals surface area contributed by atoms with Gasteiger partial charge in [-0.1, -0.05) is 243 Å². The summed E-state index contributed by atoms with van der Waals surface area (Å²) in [5, 5.41) is 0. The number of allylic oxidation sites excluding steroid dienone is 8. The van der Waals surface area contributed by atoms with Crippen LogP contribution in [0.5, 0.6) is 0 Å². The predicted octanol–water partition coefficient (Wildman–Crippen LogP) is 17.5. The van der Waals surface area contributed by atoms with E-state index in [-0.39, 0.29) is 37.5 Å². The topological polar surface area (TPSA) is 78.9 Å². The summed E-state index contributed by atoms with van der Waals surface area (Å²) in [5.41, 5.74) is 0. The van der Waals surface area contributed by atoms with Crippen LogP contribution in [0.4, 0.5) is 0 Å². The van der Waals surface area contributed by atoms with Gasteiger partial charge in [-0.2, -0.15) is 0 Å². The van der Waals surface area contributed by atoms with E-state index in [0.29, 0.717) is 19.3 Å². The third kappa shape index (κ3) is 48.4. The number of rotatable bonds is 48. The molecule has 1 atom stereocenters. The van der Waals surface area contributed by atoms with E-state index in [1.54, 1.807) is 0 Å². The highest BCUT2D eigenvalue weighted by Crippen LogP contribution is 2.16. The molecule has 62 heavy (non-hydrogen) atoms. The minimum Gasteiger partial charge on any atom is -0.462 e. The number of hydrogen-bond acceptors (Lipinski definition) is 6. The van der Waals surface area contributed by atoms with E-state index >= 15 is 0 Å². The van der Waals surface area contributed by atoms with Crippen molar-refractivity contribution in [1.82, 2.24) is 0 Å². The molecule has 0 spiro atoms. The van der Waals surface area contributed by atoms with Crippen molar-refractivity contribution in [3.05, 3.63) is 48.6 Å². The van der Waals surface area contributed by atoms with E-state index in [1.807, 2.05) is 0 Å². The molecule has 0 bridgehead atoms. The van der Waals surface area contributed by atoms with E-state index in [4.69, 9.17) is 14.2 Å². The average Bonchev–Trinajstić information content (AvgIpc) is 3.27. The third-order valence-electron chi connectivity index (χ3n) is 11.6. The fourth-order valence-corrected chi connectivity index (χ4v) is 7.61. The molecule has 0 saturated carbocycles. The van der Waals surface area contributed by atoms with Crippen molar-refractivity contribution >= 4 is 17.9 Å². The zero-order valence-electron chi connectivity index (χ0n) is 41.1. The smallest absolute Gasteiger partial charge is 0.306 e. The molecule has 0 aromatic rings. The number of hydrogen-bond donors (Lipinski definition) is 0. The SMILES string of the molecule is CC/C=C\C/C=C\C/C=C\C/C=C\CCCCC(=O)O[C@@H](COC(=O)CCCCCCCCCCCCCC)COC(=O)CCCCCCCCCCCCCCCCCCC. The minimum absolute atomic E-state index is 0.0859. The second kappa shape index (κ2) is 51.0. The summed E-state index contributed by atoms with van der Waals surface area (Å²) in [4.78, 5) is 38.0. The Kier molecular flexibility index (Phi) is 48.8. The summed E-state index contributed by atoms with van der Waals surface area (Å²) < 4.78 is 16.8. The Labute approximate surface area is 384 Å². The lowest BCUT2D eigenvalue weighted by Crippen LogP contribution is -2.30. The summed E-state index contributed by atoms with van der Waals surface area (Å²) >= 11 is 0. The van der Waals surface area contributed by atoms with Crippen LogP contribution in [0.25, 0.3) is 0 Å². The molecule has 0 aliphatic heterocycles. The molecule has 0 unspecified atom stereocenters. The van der Waals surface area contributed by atoms with Crippen molar-refractivity contribution in [1.29, 1.82) is 0 Å². The first kappa shape index (κ1) is 59.4. The van der Waals surface area contributed by atoms with E-state index in [0.717, 1.165) is 77.0 Å². The first-order valence-corrected chi connectivity index (χ1v) is 26.6. The molecule has 0 heterocycles. The lowest BCUT2D eigenvalue weighted by atomic mass is 10.0. The highest BCUT2D eigenvalue weighted by molar-refractivity contribution is 5.71. The zero-order chi connectivity index (χ0) is 45.1. The summed E-state index contributed by atoms with van der Waals surface area (Å²) in [6.45, 7) is 6.51. The van der Waals surface area contributed by atoms with Gasteiger partial charge in [0.1, 0.15) is 13.2 Å². The molecule has 0 aromatic heterocycles. The first-order chi connectivity index (χ1) is 30.5. The fourth-order valence-electron chi connectivity index (χ4n) is 7.61. The number of ether oxygens (including phenoxy) is 3. The molecular weight excluding hydrogens is 769 g/mol. The van der Waals surface area contributed by atoms with Crippen LogP contribution in [0.3, 0.4) is 0 Å². The van der Waals surface area contributed by atoms with Crippen LogP contribution in [0.2, 0.25) is 0 Å². The van der Waals surface area contributed by atoms with Crippen LogP contribution < -0.4 is 0 Å². The molecule has 360 valence electrons. The Bertz CT molecular complexity index is 1090. The molecule has 6 heteroatoms. The van der Waals surface area contributed by atoms with Crippen molar-refractivity contribution in [3.63, 3.8) is 0 Å². The van der Waals surface area contributed by atoms with Gasteiger partial charge in [-0.05, 0) is 57.8 Å². The molecule has 6 nitrogen and oxygen atoms in total. The second-order valence-electron chi connectivity index (χ2n) is 17.8.